The number of rotatable bonds is 6. The molecule has 0 saturated carbocycles. The van der Waals surface area contributed by atoms with Crippen LogP contribution in [0.2, 0.25) is 5.02 Å². The van der Waals surface area contributed by atoms with Gasteiger partial charge in [-0.3, -0.25) is 14.7 Å². The Bertz CT molecular complexity index is 954. The van der Waals surface area contributed by atoms with Gasteiger partial charge < -0.3 is 15.4 Å². The average molecular weight is 385 g/mol. The molecule has 0 aliphatic rings. The SMILES string of the molecule is COCC(=O)Nc1ccc(NC(=O)c2cc(-c3cccc(Cl)c3)n[nH]2)cc1. The van der Waals surface area contributed by atoms with E-state index in [1.54, 1.807) is 42.5 Å². The number of anilines is 2. The van der Waals surface area contributed by atoms with Gasteiger partial charge in [-0.25, -0.2) is 0 Å². The molecule has 3 aromatic rings. The number of ether oxygens (including phenoxy) is 1. The van der Waals surface area contributed by atoms with Crippen molar-refractivity contribution in [3.8, 4) is 11.3 Å². The largest absolute Gasteiger partial charge is 0.375 e. The lowest BCUT2D eigenvalue weighted by Crippen LogP contribution is -2.17. The molecular weight excluding hydrogens is 368 g/mol. The second kappa shape index (κ2) is 8.48. The van der Waals surface area contributed by atoms with Crippen molar-refractivity contribution in [1.82, 2.24) is 10.2 Å². The first-order valence-corrected chi connectivity index (χ1v) is 8.44. The van der Waals surface area contributed by atoms with E-state index in [-0.39, 0.29) is 18.4 Å². The van der Waals surface area contributed by atoms with Gasteiger partial charge in [-0.05, 0) is 42.5 Å². The van der Waals surface area contributed by atoms with Crippen LogP contribution in [-0.2, 0) is 9.53 Å². The minimum atomic E-state index is -0.327. The lowest BCUT2D eigenvalue weighted by atomic mass is 10.1. The van der Waals surface area contributed by atoms with Crippen LogP contribution >= 0.6 is 11.6 Å². The summed E-state index contributed by atoms with van der Waals surface area (Å²) in [5.41, 5.74) is 2.96. The number of carbonyl (C=O) groups excluding carboxylic acids is 2. The van der Waals surface area contributed by atoms with Gasteiger partial charge in [0.1, 0.15) is 12.3 Å². The molecule has 0 atom stereocenters. The molecular formula is C19H17ClN4O3. The van der Waals surface area contributed by atoms with Crippen molar-refractivity contribution in [2.75, 3.05) is 24.4 Å². The monoisotopic (exact) mass is 384 g/mol. The maximum atomic E-state index is 12.4. The quantitative estimate of drug-likeness (QED) is 0.605. The zero-order valence-corrected chi connectivity index (χ0v) is 15.2. The van der Waals surface area contributed by atoms with Crippen LogP contribution in [-0.4, -0.2) is 35.7 Å². The molecule has 27 heavy (non-hydrogen) atoms. The highest BCUT2D eigenvalue weighted by atomic mass is 35.5. The number of halogens is 1. The minimum absolute atomic E-state index is 0.0206. The number of amides is 2. The molecule has 7 nitrogen and oxygen atoms in total. The third-order valence-electron chi connectivity index (χ3n) is 3.64. The molecule has 8 heteroatoms. The van der Waals surface area contributed by atoms with Gasteiger partial charge in [0.25, 0.3) is 5.91 Å². The van der Waals surface area contributed by atoms with E-state index in [0.717, 1.165) is 5.56 Å². The summed E-state index contributed by atoms with van der Waals surface area (Å²) in [5.74, 6) is -0.577. The van der Waals surface area contributed by atoms with Gasteiger partial charge in [0, 0.05) is 29.1 Å². The van der Waals surface area contributed by atoms with E-state index in [1.165, 1.54) is 7.11 Å². The first-order valence-electron chi connectivity index (χ1n) is 8.07. The van der Waals surface area contributed by atoms with Crippen molar-refractivity contribution in [2.45, 2.75) is 0 Å². The number of methoxy groups -OCH3 is 1. The molecule has 0 spiro atoms. The third kappa shape index (κ3) is 4.93. The van der Waals surface area contributed by atoms with E-state index in [1.807, 2.05) is 12.1 Å². The Kier molecular flexibility index (Phi) is 5.85. The summed E-state index contributed by atoms with van der Waals surface area (Å²) in [6.07, 6.45) is 0. The fourth-order valence-electron chi connectivity index (χ4n) is 2.40. The number of nitrogens with zero attached hydrogens (tertiary/aromatic N) is 1. The highest BCUT2D eigenvalue weighted by molar-refractivity contribution is 6.30. The highest BCUT2D eigenvalue weighted by Crippen LogP contribution is 2.22. The third-order valence-corrected chi connectivity index (χ3v) is 3.88. The molecule has 0 unspecified atom stereocenters. The Hall–Kier alpha value is -3.16. The molecule has 2 aromatic carbocycles. The molecule has 3 N–H and O–H groups in total. The summed E-state index contributed by atoms with van der Waals surface area (Å²) >= 11 is 5.98. The van der Waals surface area contributed by atoms with Gasteiger partial charge in [-0.15, -0.1) is 0 Å². The predicted octanol–water partition coefficient (Wildman–Crippen LogP) is 3.57. The van der Waals surface area contributed by atoms with Crippen molar-refractivity contribution in [3.05, 3.63) is 65.3 Å². The lowest BCUT2D eigenvalue weighted by Gasteiger charge is -2.07. The second-order valence-corrected chi connectivity index (χ2v) is 6.13. The summed E-state index contributed by atoms with van der Waals surface area (Å²) in [7, 11) is 1.45. The van der Waals surface area contributed by atoms with Gasteiger partial charge in [0.05, 0.1) is 5.69 Å². The zero-order chi connectivity index (χ0) is 19.2. The second-order valence-electron chi connectivity index (χ2n) is 5.69. The molecule has 1 aromatic heterocycles. The van der Waals surface area contributed by atoms with Gasteiger partial charge in [0.15, 0.2) is 0 Å². The van der Waals surface area contributed by atoms with E-state index in [4.69, 9.17) is 16.3 Å². The summed E-state index contributed by atoms with van der Waals surface area (Å²) in [6, 6.07) is 15.6. The van der Waals surface area contributed by atoms with Crippen LogP contribution in [0.4, 0.5) is 11.4 Å². The molecule has 1 heterocycles. The predicted molar refractivity (Wildman–Crippen MR) is 104 cm³/mol. The van der Waals surface area contributed by atoms with Crippen LogP contribution in [0.1, 0.15) is 10.5 Å². The van der Waals surface area contributed by atoms with Crippen molar-refractivity contribution < 1.29 is 14.3 Å². The molecule has 0 fully saturated rings. The van der Waals surface area contributed by atoms with Crippen LogP contribution < -0.4 is 10.6 Å². The number of carbonyl (C=O) groups is 2. The van der Waals surface area contributed by atoms with E-state index in [2.05, 4.69) is 20.8 Å². The number of hydrogen-bond donors (Lipinski definition) is 3. The number of benzene rings is 2. The Morgan fingerprint density at radius 2 is 1.78 bits per heavy atom. The Morgan fingerprint density at radius 1 is 1.07 bits per heavy atom. The van der Waals surface area contributed by atoms with E-state index >= 15 is 0 Å². The smallest absolute Gasteiger partial charge is 0.273 e. The maximum Gasteiger partial charge on any atom is 0.273 e. The minimum Gasteiger partial charge on any atom is -0.375 e. The van der Waals surface area contributed by atoms with Crippen molar-refractivity contribution in [1.29, 1.82) is 0 Å². The van der Waals surface area contributed by atoms with E-state index in [0.29, 0.717) is 27.8 Å². The van der Waals surface area contributed by atoms with Crippen molar-refractivity contribution in [3.63, 3.8) is 0 Å². The Balaban J connectivity index is 1.65. The lowest BCUT2D eigenvalue weighted by molar-refractivity contribution is -0.119. The summed E-state index contributed by atoms with van der Waals surface area (Å²) < 4.78 is 4.76. The summed E-state index contributed by atoms with van der Waals surface area (Å²) in [6.45, 7) is -0.0206. The average Bonchev–Trinajstić information content (AvgIpc) is 3.14. The van der Waals surface area contributed by atoms with Crippen molar-refractivity contribution in [2.24, 2.45) is 0 Å². The first kappa shape index (κ1) is 18.6. The van der Waals surface area contributed by atoms with E-state index < -0.39 is 0 Å². The fraction of sp³-hybridized carbons (Fsp3) is 0.105. The number of aromatic amines is 1. The van der Waals surface area contributed by atoms with Crippen molar-refractivity contribution >= 4 is 34.8 Å². The summed E-state index contributed by atoms with van der Waals surface area (Å²) in [5, 5.41) is 12.9. The Labute approximate surface area is 160 Å². The summed E-state index contributed by atoms with van der Waals surface area (Å²) in [4.78, 5) is 23.9. The number of hydrogen-bond acceptors (Lipinski definition) is 4. The van der Waals surface area contributed by atoms with Crippen LogP contribution in [0, 0.1) is 0 Å². The molecule has 0 radical (unpaired) electrons. The van der Waals surface area contributed by atoms with Gasteiger partial charge in [-0.1, -0.05) is 23.7 Å². The molecule has 0 aliphatic heterocycles. The van der Waals surface area contributed by atoms with Crippen LogP contribution in [0.15, 0.2) is 54.6 Å². The molecule has 138 valence electrons. The topological polar surface area (TPSA) is 96.1 Å². The van der Waals surface area contributed by atoms with Crippen LogP contribution in [0.25, 0.3) is 11.3 Å². The van der Waals surface area contributed by atoms with Gasteiger partial charge in [-0.2, -0.15) is 5.10 Å². The molecule has 0 saturated heterocycles. The fourth-order valence-corrected chi connectivity index (χ4v) is 2.59. The number of aromatic nitrogens is 2. The highest BCUT2D eigenvalue weighted by Gasteiger charge is 2.12. The molecule has 3 rings (SSSR count). The number of nitrogens with one attached hydrogen (secondary N) is 3. The zero-order valence-electron chi connectivity index (χ0n) is 14.5. The standard InChI is InChI=1S/C19H17ClN4O3/c1-27-11-18(25)21-14-5-7-15(8-6-14)22-19(26)17-10-16(23-24-17)12-3-2-4-13(20)9-12/h2-10H,11H2,1H3,(H,21,25)(H,22,26)(H,23,24). The normalized spacial score (nSPS) is 10.4. The first-order chi connectivity index (χ1) is 13.0. The molecule has 0 aliphatic carbocycles. The molecule has 0 bridgehead atoms. The Morgan fingerprint density at radius 3 is 2.44 bits per heavy atom. The molecule has 2 amide bonds. The van der Waals surface area contributed by atoms with Crippen LogP contribution in [0.3, 0.4) is 0 Å². The number of H-pyrrole nitrogens is 1. The van der Waals surface area contributed by atoms with E-state index in [9.17, 15) is 9.59 Å². The maximum absolute atomic E-state index is 12.4. The van der Waals surface area contributed by atoms with Gasteiger partial charge >= 0.3 is 0 Å². The van der Waals surface area contributed by atoms with Gasteiger partial charge in [0.2, 0.25) is 5.91 Å². The van der Waals surface area contributed by atoms with Crippen LogP contribution in [0.5, 0.6) is 0 Å².